The number of benzene rings is 2. The fourth-order valence-electron chi connectivity index (χ4n) is 4.24. The average Bonchev–Trinajstić information content (AvgIpc) is 3.04. The van der Waals surface area contributed by atoms with E-state index in [1.807, 2.05) is 43.3 Å². The van der Waals surface area contributed by atoms with Gasteiger partial charge >= 0.3 is 5.97 Å². The number of carboxylic acid groups (broad SMARTS) is 1. The highest BCUT2D eigenvalue weighted by Crippen LogP contribution is 2.46. The standard InChI is InChI=1S/C22H22ClNO3/c1-2-22(12-19(25)26)21-20(17-9-8-16(23)11-18(17)24-21)15(13-27-22)10-14-6-4-3-5-7-14/h3-9,11,15,24H,2,10,12-13H2,1H3,(H,25,26). The molecule has 27 heavy (non-hydrogen) atoms. The minimum atomic E-state index is -0.860. The number of carboxylic acids is 1. The highest BCUT2D eigenvalue weighted by atomic mass is 35.5. The van der Waals surface area contributed by atoms with Gasteiger partial charge in [-0.05, 0) is 36.1 Å². The minimum Gasteiger partial charge on any atom is -0.481 e. The molecule has 1 aliphatic rings. The number of H-pyrrole nitrogens is 1. The van der Waals surface area contributed by atoms with E-state index in [-0.39, 0.29) is 12.3 Å². The van der Waals surface area contributed by atoms with Crippen LogP contribution in [0.2, 0.25) is 5.02 Å². The Morgan fingerprint density at radius 3 is 2.78 bits per heavy atom. The summed E-state index contributed by atoms with van der Waals surface area (Å²) in [5.74, 6) is -0.702. The summed E-state index contributed by atoms with van der Waals surface area (Å²) in [5.41, 5.74) is 3.39. The van der Waals surface area contributed by atoms with Crippen molar-refractivity contribution in [2.75, 3.05) is 6.61 Å². The third-order valence-corrected chi connectivity index (χ3v) is 5.79. The summed E-state index contributed by atoms with van der Waals surface area (Å²) < 4.78 is 6.25. The number of ether oxygens (including phenoxy) is 1. The highest BCUT2D eigenvalue weighted by molar-refractivity contribution is 6.31. The second kappa shape index (κ2) is 7.02. The van der Waals surface area contributed by atoms with E-state index in [0.717, 1.165) is 23.0 Å². The van der Waals surface area contributed by atoms with Gasteiger partial charge in [-0.3, -0.25) is 4.79 Å². The molecule has 0 saturated carbocycles. The lowest BCUT2D eigenvalue weighted by atomic mass is 9.80. The molecule has 0 fully saturated rings. The van der Waals surface area contributed by atoms with Gasteiger partial charge in [-0.15, -0.1) is 0 Å². The molecule has 0 aliphatic carbocycles. The number of nitrogens with one attached hydrogen (secondary N) is 1. The summed E-state index contributed by atoms with van der Waals surface area (Å²) in [4.78, 5) is 15.0. The largest absolute Gasteiger partial charge is 0.481 e. The molecule has 4 rings (SSSR count). The first-order valence-electron chi connectivity index (χ1n) is 9.23. The van der Waals surface area contributed by atoms with Gasteiger partial charge in [0.1, 0.15) is 5.60 Å². The number of hydrogen-bond donors (Lipinski definition) is 2. The van der Waals surface area contributed by atoms with Crippen molar-refractivity contribution in [3.63, 3.8) is 0 Å². The Labute approximate surface area is 163 Å². The molecule has 0 bridgehead atoms. The molecule has 4 nitrogen and oxygen atoms in total. The van der Waals surface area contributed by atoms with Crippen LogP contribution in [-0.4, -0.2) is 22.7 Å². The Morgan fingerprint density at radius 2 is 2.07 bits per heavy atom. The van der Waals surface area contributed by atoms with Gasteiger partial charge in [0.2, 0.25) is 0 Å². The highest BCUT2D eigenvalue weighted by Gasteiger charge is 2.43. The molecule has 1 aliphatic heterocycles. The quantitative estimate of drug-likeness (QED) is 0.631. The molecule has 5 heteroatoms. The van der Waals surface area contributed by atoms with Crippen molar-refractivity contribution in [2.45, 2.75) is 37.7 Å². The smallest absolute Gasteiger partial charge is 0.306 e. The van der Waals surface area contributed by atoms with Crippen LogP contribution in [0.5, 0.6) is 0 Å². The number of aliphatic carboxylic acids is 1. The van der Waals surface area contributed by atoms with Gasteiger partial charge in [0.25, 0.3) is 0 Å². The third-order valence-electron chi connectivity index (χ3n) is 5.56. The number of hydrogen-bond acceptors (Lipinski definition) is 2. The molecule has 0 amide bonds. The first kappa shape index (κ1) is 18.1. The summed E-state index contributed by atoms with van der Waals surface area (Å²) in [5, 5.41) is 11.2. The molecule has 2 N–H and O–H groups in total. The Hall–Kier alpha value is -2.30. The maximum Gasteiger partial charge on any atom is 0.306 e. The summed E-state index contributed by atoms with van der Waals surface area (Å²) in [7, 11) is 0. The van der Waals surface area contributed by atoms with Crippen molar-refractivity contribution >= 4 is 28.5 Å². The minimum absolute atomic E-state index is 0.0604. The Morgan fingerprint density at radius 1 is 1.30 bits per heavy atom. The van der Waals surface area contributed by atoms with Crippen molar-refractivity contribution in [3.05, 3.63) is 70.4 Å². The van der Waals surface area contributed by atoms with E-state index in [9.17, 15) is 9.90 Å². The summed E-state index contributed by atoms with van der Waals surface area (Å²) in [6, 6.07) is 16.1. The zero-order valence-electron chi connectivity index (χ0n) is 15.2. The predicted molar refractivity (Wildman–Crippen MR) is 106 cm³/mol. The number of fused-ring (bicyclic) bond motifs is 3. The number of rotatable bonds is 5. The van der Waals surface area contributed by atoms with Crippen molar-refractivity contribution in [1.29, 1.82) is 0 Å². The third kappa shape index (κ3) is 3.24. The Bertz CT molecular complexity index is 982. The van der Waals surface area contributed by atoms with Crippen LogP contribution in [0.1, 0.15) is 42.5 Å². The molecule has 2 aromatic carbocycles. The van der Waals surface area contributed by atoms with Crippen molar-refractivity contribution < 1.29 is 14.6 Å². The van der Waals surface area contributed by atoms with Crippen LogP contribution in [0.4, 0.5) is 0 Å². The van der Waals surface area contributed by atoms with E-state index < -0.39 is 11.6 Å². The lowest BCUT2D eigenvalue weighted by molar-refractivity contribution is -0.149. The lowest BCUT2D eigenvalue weighted by Crippen LogP contribution is -2.39. The van der Waals surface area contributed by atoms with Gasteiger partial charge in [0, 0.05) is 21.8 Å². The lowest BCUT2D eigenvalue weighted by Gasteiger charge is -2.39. The molecular formula is C22H22ClNO3. The molecule has 1 aromatic heterocycles. The molecule has 3 aromatic rings. The summed E-state index contributed by atoms with van der Waals surface area (Å²) >= 11 is 6.19. The van der Waals surface area contributed by atoms with Gasteiger partial charge in [0.05, 0.1) is 18.7 Å². The van der Waals surface area contributed by atoms with Crippen LogP contribution in [0.15, 0.2) is 48.5 Å². The average molecular weight is 384 g/mol. The van der Waals surface area contributed by atoms with Gasteiger partial charge in [-0.1, -0.05) is 54.9 Å². The van der Waals surface area contributed by atoms with Crippen LogP contribution in [0, 0.1) is 0 Å². The first-order chi connectivity index (χ1) is 13.0. The number of halogens is 1. The second-order valence-electron chi connectivity index (χ2n) is 7.22. The Kier molecular flexibility index (Phi) is 4.70. The molecule has 0 saturated heterocycles. The summed E-state index contributed by atoms with van der Waals surface area (Å²) in [6.07, 6.45) is 1.37. The molecular weight excluding hydrogens is 362 g/mol. The van der Waals surface area contributed by atoms with E-state index in [0.29, 0.717) is 18.1 Å². The van der Waals surface area contributed by atoms with Crippen LogP contribution >= 0.6 is 11.6 Å². The van der Waals surface area contributed by atoms with E-state index >= 15 is 0 Å². The molecule has 2 unspecified atom stereocenters. The van der Waals surface area contributed by atoms with Crippen LogP contribution < -0.4 is 0 Å². The van der Waals surface area contributed by atoms with Gasteiger partial charge in [0.15, 0.2) is 0 Å². The zero-order chi connectivity index (χ0) is 19.0. The maximum atomic E-state index is 11.6. The summed E-state index contributed by atoms with van der Waals surface area (Å²) in [6.45, 7) is 2.47. The second-order valence-corrected chi connectivity index (χ2v) is 7.66. The van der Waals surface area contributed by atoms with E-state index in [4.69, 9.17) is 16.3 Å². The van der Waals surface area contributed by atoms with E-state index in [1.165, 1.54) is 11.1 Å². The topological polar surface area (TPSA) is 62.3 Å². The van der Waals surface area contributed by atoms with Crippen molar-refractivity contribution in [3.8, 4) is 0 Å². The molecule has 2 atom stereocenters. The molecule has 0 radical (unpaired) electrons. The normalized spacial score (nSPS) is 21.9. The van der Waals surface area contributed by atoms with Crippen molar-refractivity contribution in [1.82, 2.24) is 4.98 Å². The van der Waals surface area contributed by atoms with Crippen LogP contribution in [-0.2, 0) is 21.6 Å². The molecule has 0 spiro atoms. The zero-order valence-corrected chi connectivity index (χ0v) is 15.9. The Balaban J connectivity index is 1.87. The number of aromatic amines is 1. The van der Waals surface area contributed by atoms with Gasteiger partial charge in [-0.25, -0.2) is 0 Å². The fourth-order valence-corrected chi connectivity index (χ4v) is 4.41. The molecule has 140 valence electrons. The maximum absolute atomic E-state index is 11.6. The fraction of sp³-hybridized carbons (Fsp3) is 0.318. The first-order valence-corrected chi connectivity index (χ1v) is 9.61. The number of carbonyl (C=O) groups is 1. The molecule has 2 heterocycles. The van der Waals surface area contributed by atoms with E-state index in [1.54, 1.807) is 0 Å². The van der Waals surface area contributed by atoms with Gasteiger partial charge in [-0.2, -0.15) is 0 Å². The van der Waals surface area contributed by atoms with Crippen LogP contribution in [0.3, 0.4) is 0 Å². The van der Waals surface area contributed by atoms with Gasteiger partial charge < -0.3 is 14.8 Å². The predicted octanol–water partition coefficient (Wildman–Crippen LogP) is 5.26. The SMILES string of the molecule is CCC1(CC(=O)O)OCC(Cc2ccccc2)c2c1[nH]c1cc(Cl)ccc21. The van der Waals surface area contributed by atoms with E-state index in [2.05, 4.69) is 17.1 Å². The van der Waals surface area contributed by atoms with Crippen molar-refractivity contribution in [2.24, 2.45) is 0 Å². The number of aromatic nitrogens is 1. The van der Waals surface area contributed by atoms with Crippen LogP contribution in [0.25, 0.3) is 10.9 Å². The monoisotopic (exact) mass is 383 g/mol.